The number of nitrogens with zero attached hydrogens (tertiary/aromatic N) is 6. The van der Waals surface area contributed by atoms with Gasteiger partial charge in [-0.3, -0.25) is 0 Å². The molecule has 86 heavy (non-hydrogen) atoms. The van der Waals surface area contributed by atoms with Crippen LogP contribution in [0.1, 0.15) is 24.2 Å². The molecule has 0 bridgehead atoms. The van der Waals surface area contributed by atoms with Gasteiger partial charge in [0.1, 0.15) is 11.6 Å². The van der Waals surface area contributed by atoms with Crippen LogP contribution in [-0.4, -0.2) is 19.1 Å². The third kappa shape index (κ3) is 9.27. The van der Waals surface area contributed by atoms with E-state index in [1.54, 1.807) is 0 Å². The van der Waals surface area contributed by atoms with E-state index in [1.807, 2.05) is 18.3 Å². The van der Waals surface area contributed by atoms with Crippen LogP contribution in [0.4, 0.5) is 22.7 Å². The van der Waals surface area contributed by atoms with E-state index in [2.05, 4.69) is 287 Å². The minimum atomic E-state index is 0. The predicted molar refractivity (Wildman–Crippen MR) is 348 cm³/mol. The first-order valence-electron chi connectivity index (χ1n) is 29.2. The zero-order chi connectivity index (χ0) is 56.4. The first kappa shape index (κ1) is 52.7. The minimum absolute atomic E-state index is 0. The molecule has 0 atom stereocenters. The van der Waals surface area contributed by atoms with Gasteiger partial charge >= 0.3 is 0 Å². The van der Waals surface area contributed by atoms with E-state index in [9.17, 15) is 0 Å². The Kier molecular flexibility index (Phi) is 13.6. The molecule has 0 saturated carbocycles. The Morgan fingerprint density at radius 1 is 0.465 bits per heavy atom. The molecule has 14 aromatic rings. The maximum absolute atomic E-state index is 7.29. The summed E-state index contributed by atoms with van der Waals surface area (Å²) in [5.74, 6) is 3.04. The van der Waals surface area contributed by atoms with Crippen LogP contribution < -0.4 is 14.5 Å². The SMILES string of the molecule is Cc1cc(-n2c3[c-]c(Oc4[c-]c(N5[CH-]N(c6c(-c7ccccc7)cccc6-c6ccccc6)c6cc7c(cc65)nc5n7CCCC5)cc(-c5c(-c6ccccc6)cccc5-c5ccccc5)c4)ccc3c3ccccc32)ncc1-c1ccccc1.[Pt]. The standard InChI is InChI=1S/C78H55N6O.Pt/c1-52-43-76(79-50-68(52)57-31-15-6-16-32-57)84-70-38-18-17-33-66(70)67-41-40-60(47-71(67)84)85-61-45-58(77-62(53-23-7-2-8-24-53)34-21-35-63(77)54-25-9-3-10-26-54)44-59(46-61)82-51-83(74-49-72-69(48-73(74)82)80-75-39-19-20-42-81(72)75)78-64(55-27-11-4-12-28-55)36-22-37-65(78)56-29-13-5-14-30-56;/h2-18,21-38,40-41,43-45,48-51H,19-20,39,42H2,1H3;/q-3;. The van der Waals surface area contributed by atoms with Crippen molar-refractivity contribution in [2.75, 3.05) is 9.80 Å². The van der Waals surface area contributed by atoms with Crippen molar-refractivity contribution in [3.63, 3.8) is 0 Å². The van der Waals surface area contributed by atoms with E-state index in [-0.39, 0.29) is 21.1 Å². The summed E-state index contributed by atoms with van der Waals surface area (Å²) >= 11 is 0. The molecule has 0 fully saturated rings. The van der Waals surface area contributed by atoms with Gasteiger partial charge in [0.05, 0.1) is 11.0 Å². The number of hydrogen-bond acceptors (Lipinski definition) is 5. The Hall–Kier alpha value is -10.1. The number of aromatic nitrogens is 4. The number of ether oxygens (including phenoxy) is 1. The summed E-state index contributed by atoms with van der Waals surface area (Å²) in [4.78, 5) is 15.2. The molecule has 2 aliphatic rings. The van der Waals surface area contributed by atoms with E-state index in [0.29, 0.717) is 11.5 Å². The molecule has 16 rings (SSSR count). The number of para-hydroxylation sites is 2. The molecule has 416 valence electrons. The molecule has 0 radical (unpaired) electrons. The molecule has 2 aliphatic heterocycles. The topological polar surface area (TPSA) is 51.4 Å². The van der Waals surface area contributed by atoms with E-state index in [0.717, 1.165) is 165 Å². The van der Waals surface area contributed by atoms with Gasteiger partial charge in [0, 0.05) is 91.0 Å². The van der Waals surface area contributed by atoms with Gasteiger partial charge in [-0.05, 0) is 99.5 Å². The van der Waals surface area contributed by atoms with Crippen molar-refractivity contribution in [1.29, 1.82) is 0 Å². The summed E-state index contributed by atoms with van der Waals surface area (Å²) in [5, 5.41) is 2.16. The van der Waals surface area contributed by atoms with Crippen molar-refractivity contribution in [2.45, 2.75) is 32.7 Å². The summed E-state index contributed by atoms with van der Waals surface area (Å²) in [6.07, 6.45) is 5.20. The largest absolute Gasteiger partial charge is 0.509 e. The van der Waals surface area contributed by atoms with Crippen LogP contribution in [-0.2, 0) is 34.0 Å². The molecular formula is C78H55N6OPt-3. The van der Waals surface area contributed by atoms with Crippen LogP contribution in [0.25, 0.3) is 105 Å². The second kappa shape index (κ2) is 22.2. The fraction of sp³-hybridized carbons (Fsp3) is 0.0641. The van der Waals surface area contributed by atoms with Crippen LogP contribution in [0.3, 0.4) is 0 Å². The van der Waals surface area contributed by atoms with Gasteiger partial charge in [-0.25, -0.2) is 9.97 Å². The minimum Gasteiger partial charge on any atom is -0.509 e. The number of fused-ring (bicyclic) bond motifs is 7. The molecule has 0 saturated heterocycles. The predicted octanol–water partition coefficient (Wildman–Crippen LogP) is 20.0. The van der Waals surface area contributed by atoms with Crippen molar-refractivity contribution in [1.82, 2.24) is 19.1 Å². The number of aryl methyl sites for hydroxylation is 3. The fourth-order valence-electron chi connectivity index (χ4n) is 13.0. The molecule has 7 nitrogen and oxygen atoms in total. The molecule has 3 aromatic heterocycles. The van der Waals surface area contributed by atoms with Crippen LogP contribution in [0.15, 0.2) is 261 Å². The fourth-order valence-corrected chi connectivity index (χ4v) is 13.0. The molecule has 8 heteroatoms. The van der Waals surface area contributed by atoms with Gasteiger partial charge in [-0.2, -0.15) is 6.07 Å². The second-order valence-corrected chi connectivity index (χ2v) is 22.1. The second-order valence-electron chi connectivity index (χ2n) is 22.1. The number of anilines is 4. The van der Waals surface area contributed by atoms with E-state index >= 15 is 0 Å². The number of rotatable bonds is 11. The van der Waals surface area contributed by atoms with Crippen LogP contribution >= 0.6 is 0 Å². The summed E-state index contributed by atoms with van der Waals surface area (Å²) in [6.45, 7) is 5.35. The van der Waals surface area contributed by atoms with Gasteiger partial charge in [0.15, 0.2) is 0 Å². The van der Waals surface area contributed by atoms with Crippen molar-refractivity contribution in [3.05, 3.63) is 291 Å². The average molecular weight is 1290 g/mol. The van der Waals surface area contributed by atoms with Crippen LogP contribution in [0, 0.1) is 25.7 Å². The van der Waals surface area contributed by atoms with E-state index in [4.69, 9.17) is 14.7 Å². The Morgan fingerprint density at radius 2 is 1.03 bits per heavy atom. The van der Waals surface area contributed by atoms with Gasteiger partial charge in [-0.15, -0.1) is 53.6 Å². The molecule has 0 unspecified atom stereocenters. The Balaban J connectivity index is 0.00000625. The zero-order valence-electron chi connectivity index (χ0n) is 47.1. The van der Waals surface area contributed by atoms with Gasteiger partial charge in [0.2, 0.25) is 0 Å². The number of imidazole rings is 1. The van der Waals surface area contributed by atoms with Gasteiger partial charge in [-0.1, -0.05) is 212 Å². The molecular weight excluding hydrogens is 1230 g/mol. The maximum atomic E-state index is 7.29. The van der Waals surface area contributed by atoms with Crippen molar-refractivity contribution in [3.8, 4) is 84.1 Å². The normalized spacial score (nSPS) is 12.8. The molecule has 0 N–H and O–H groups in total. The Labute approximate surface area is 515 Å². The van der Waals surface area contributed by atoms with Crippen molar-refractivity contribution in [2.24, 2.45) is 0 Å². The third-order valence-electron chi connectivity index (χ3n) is 17.0. The molecule has 0 spiro atoms. The van der Waals surface area contributed by atoms with Crippen molar-refractivity contribution >= 4 is 55.6 Å². The summed E-state index contributed by atoms with van der Waals surface area (Å²) in [5.41, 5.74) is 22.3. The summed E-state index contributed by atoms with van der Waals surface area (Å²) in [6, 6.07) is 98.3. The monoisotopic (exact) mass is 1290 g/mol. The van der Waals surface area contributed by atoms with E-state index < -0.39 is 0 Å². The van der Waals surface area contributed by atoms with E-state index in [1.165, 1.54) is 0 Å². The van der Waals surface area contributed by atoms with Gasteiger partial charge < -0.3 is 23.7 Å². The first-order chi connectivity index (χ1) is 42.1. The number of hydrogen-bond donors (Lipinski definition) is 0. The smallest absolute Gasteiger partial charge is 0.135 e. The molecule has 5 heterocycles. The number of pyridine rings is 1. The Bertz CT molecular complexity index is 4730. The number of benzene rings is 11. The van der Waals surface area contributed by atoms with Gasteiger partial charge in [0.25, 0.3) is 0 Å². The summed E-state index contributed by atoms with van der Waals surface area (Å²) in [7, 11) is 0. The summed E-state index contributed by atoms with van der Waals surface area (Å²) < 4.78 is 11.9. The van der Waals surface area contributed by atoms with Crippen molar-refractivity contribution < 1.29 is 25.8 Å². The van der Waals surface area contributed by atoms with Crippen LogP contribution in [0.5, 0.6) is 11.5 Å². The van der Waals surface area contributed by atoms with Crippen LogP contribution in [0.2, 0.25) is 0 Å². The molecule has 0 aliphatic carbocycles. The third-order valence-corrected chi connectivity index (χ3v) is 17.0. The Morgan fingerprint density at radius 3 is 1.66 bits per heavy atom. The average Bonchev–Trinajstić information content (AvgIpc) is 1.93. The maximum Gasteiger partial charge on any atom is 0.135 e. The quantitative estimate of drug-likeness (QED) is 0.121. The molecule has 11 aromatic carbocycles. The first-order valence-corrected chi connectivity index (χ1v) is 29.2. The zero-order valence-corrected chi connectivity index (χ0v) is 49.4. The molecule has 0 amide bonds.